The Morgan fingerprint density at radius 3 is 3.00 bits per heavy atom. The molecule has 0 bridgehead atoms. The molecule has 1 N–H and O–H groups in total. The van der Waals surface area contributed by atoms with Gasteiger partial charge in [-0.15, -0.1) is 6.58 Å². The maximum absolute atomic E-state index is 8.81. The molecule has 0 saturated heterocycles. The first-order chi connectivity index (χ1) is 6.77. The maximum atomic E-state index is 8.81. The van der Waals surface area contributed by atoms with Crippen LogP contribution in [0.2, 0.25) is 5.02 Å². The fourth-order valence-corrected chi connectivity index (χ4v) is 1.24. The highest BCUT2D eigenvalue weighted by atomic mass is 35.5. The Morgan fingerprint density at radius 1 is 1.57 bits per heavy atom. The second-order valence-corrected chi connectivity index (χ2v) is 3.24. The van der Waals surface area contributed by atoms with Gasteiger partial charge in [-0.3, -0.25) is 0 Å². The zero-order valence-electron chi connectivity index (χ0n) is 7.76. The van der Waals surface area contributed by atoms with Crippen molar-refractivity contribution in [2.24, 2.45) is 0 Å². The van der Waals surface area contributed by atoms with Crippen LogP contribution in [-0.4, -0.2) is 6.54 Å². The summed E-state index contributed by atoms with van der Waals surface area (Å²) >= 11 is 5.82. The van der Waals surface area contributed by atoms with Gasteiger partial charge in [-0.1, -0.05) is 17.7 Å². The summed E-state index contributed by atoms with van der Waals surface area (Å²) in [5.41, 5.74) is 1.39. The van der Waals surface area contributed by atoms with Crippen molar-refractivity contribution in [3.63, 3.8) is 0 Å². The quantitative estimate of drug-likeness (QED) is 0.607. The van der Waals surface area contributed by atoms with E-state index >= 15 is 0 Å². The summed E-state index contributed by atoms with van der Waals surface area (Å²) in [6.45, 7) is 4.38. The molecule has 0 radical (unpaired) electrons. The van der Waals surface area contributed by atoms with Gasteiger partial charge in [0.15, 0.2) is 0 Å². The van der Waals surface area contributed by atoms with Gasteiger partial charge in [0.1, 0.15) is 6.07 Å². The molecule has 0 aliphatic heterocycles. The molecule has 0 aliphatic rings. The van der Waals surface area contributed by atoms with Gasteiger partial charge < -0.3 is 5.32 Å². The van der Waals surface area contributed by atoms with Crippen molar-refractivity contribution in [2.45, 2.75) is 6.42 Å². The summed E-state index contributed by atoms with van der Waals surface area (Å²) in [5.74, 6) is 0. The monoisotopic (exact) mass is 206 g/mol. The first-order valence-corrected chi connectivity index (χ1v) is 4.70. The average Bonchev–Trinajstić information content (AvgIpc) is 2.19. The number of halogens is 1. The molecule has 0 unspecified atom stereocenters. The highest BCUT2D eigenvalue weighted by molar-refractivity contribution is 6.30. The minimum Gasteiger partial charge on any atom is -0.384 e. The van der Waals surface area contributed by atoms with Gasteiger partial charge in [-0.2, -0.15) is 5.26 Å². The van der Waals surface area contributed by atoms with Gasteiger partial charge in [-0.25, -0.2) is 0 Å². The lowest BCUT2D eigenvalue weighted by atomic mass is 10.2. The van der Waals surface area contributed by atoms with Crippen LogP contribution >= 0.6 is 11.6 Å². The summed E-state index contributed by atoms with van der Waals surface area (Å²) < 4.78 is 0. The van der Waals surface area contributed by atoms with Gasteiger partial charge >= 0.3 is 0 Å². The third-order valence-electron chi connectivity index (χ3n) is 1.77. The van der Waals surface area contributed by atoms with E-state index in [1.807, 2.05) is 6.08 Å². The van der Waals surface area contributed by atoms with Gasteiger partial charge in [0.05, 0.1) is 11.3 Å². The lowest BCUT2D eigenvalue weighted by Crippen LogP contribution is -2.01. The van der Waals surface area contributed by atoms with Gasteiger partial charge in [0, 0.05) is 11.6 Å². The lowest BCUT2D eigenvalue weighted by molar-refractivity contribution is 1.07. The number of nitrogens with zero attached hydrogens (tertiary/aromatic N) is 1. The molecule has 0 saturated carbocycles. The third-order valence-corrected chi connectivity index (χ3v) is 2.00. The van der Waals surface area contributed by atoms with Crippen LogP contribution < -0.4 is 5.32 Å². The Kier molecular flexibility index (Phi) is 4.03. The largest absolute Gasteiger partial charge is 0.384 e. The number of anilines is 1. The van der Waals surface area contributed by atoms with Gasteiger partial charge in [-0.05, 0) is 24.6 Å². The van der Waals surface area contributed by atoms with E-state index in [4.69, 9.17) is 16.9 Å². The number of hydrogen-bond donors (Lipinski definition) is 1. The lowest BCUT2D eigenvalue weighted by Gasteiger charge is -2.06. The Bertz CT molecular complexity index is 366. The molecule has 0 spiro atoms. The number of nitriles is 1. The Labute approximate surface area is 88.8 Å². The van der Waals surface area contributed by atoms with E-state index in [9.17, 15) is 0 Å². The van der Waals surface area contributed by atoms with Crippen LogP contribution in [0.15, 0.2) is 30.9 Å². The number of rotatable bonds is 4. The summed E-state index contributed by atoms with van der Waals surface area (Å²) in [7, 11) is 0. The van der Waals surface area contributed by atoms with E-state index in [-0.39, 0.29) is 0 Å². The molecule has 0 aromatic heterocycles. The second-order valence-electron chi connectivity index (χ2n) is 2.81. The maximum Gasteiger partial charge on any atom is 0.101 e. The van der Waals surface area contributed by atoms with E-state index in [1.165, 1.54) is 0 Å². The van der Waals surface area contributed by atoms with Crippen molar-refractivity contribution in [3.05, 3.63) is 41.4 Å². The van der Waals surface area contributed by atoms with Crippen LogP contribution in [0.25, 0.3) is 0 Å². The Morgan fingerprint density at radius 2 is 2.36 bits per heavy atom. The van der Waals surface area contributed by atoms with Gasteiger partial charge in [0.25, 0.3) is 0 Å². The first-order valence-electron chi connectivity index (χ1n) is 4.32. The van der Waals surface area contributed by atoms with Crippen molar-refractivity contribution in [2.75, 3.05) is 11.9 Å². The van der Waals surface area contributed by atoms with Crippen LogP contribution in [0.3, 0.4) is 0 Å². The van der Waals surface area contributed by atoms with Crippen molar-refractivity contribution in [1.82, 2.24) is 0 Å². The highest BCUT2D eigenvalue weighted by Gasteiger charge is 2.00. The van der Waals surface area contributed by atoms with E-state index < -0.39 is 0 Å². The molecule has 2 nitrogen and oxygen atoms in total. The van der Waals surface area contributed by atoms with Crippen molar-refractivity contribution in [3.8, 4) is 6.07 Å². The van der Waals surface area contributed by atoms with E-state index in [1.54, 1.807) is 18.2 Å². The zero-order valence-corrected chi connectivity index (χ0v) is 8.51. The minimum atomic E-state index is 0.610. The van der Waals surface area contributed by atoms with Crippen LogP contribution in [0, 0.1) is 11.3 Å². The number of benzene rings is 1. The Hall–Kier alpha value is -1.46. The van der Waals surface area contributed by atoms with Crippen molar-refractivity contribution in [1.29, 1.82) is 5.26 Å². The van der Waals surface area contributed by atoms with E-state index in [2.05, 4.69) is 18.0 Å². The smallest absolute Gasteiger partial charge is 0.101 e. The molecule has 3 heteroatoms. The molecule has 72 valence electrons. The van der Waals surface area contributed by atoms with Crippen LogP contribution in [-0.2, 0) is 0 Å². The summed E-state index contributed by atoms with van der Waals surface area (Å²) in [5, 5.41) is 12.6. The summed E-state index contributed by atoms with van der Waals surface area (Å²) in [6.07, 6.45) is 2.68. The Balaban J connectivity index is 2.78. The highest BCUT2D eigenvalue weighted by Crippen LogP contribution is 2.20. The molecular formula is C11H11ClN2. The molecule has 0 heterocycles. The van der Waals surface area contributed by atoms with E-state index in [0.29, 0.717) is 10.6 Å². The van der Waals surface area contributed by atoms with Gasteiger partial charge in [0.2, 0.25) is 0 Å². The molecule has 1 rings (SSSR count). The molecule has 1 aromatic rings. The topological polar surface area (TPSA) is 35.8 Å². The first kappa shape index (κ1) is 10.6. The molecule has 0 amide bonds. The minimum absolute atomic E-state index is 0.610. The predicted octanol–water partition coefficient (Wildman–Crippen LogP) is 3.20. The zero-order chi connectivity index (χ0) is 10.4. The van der Waals surface area contributed by atoms with Crippen molar-refractivity contribution < 1.29 is 0 Å². The summed E-state index contributed by atoms with van der Waals surface area (Å²) in [4.78, 5) is 0. The summed E-state index contributed by atoms with van der Waals surface area (Å²) in [6, 6.07) is 7.27. The molecule has 0 fully saturated rings. The van der Waals surface area contributed by atoms with Crippen LogP contribution in [0.4, 0.5) is 5.69 Å². The SMILES string of the molecule is C=CCCNc1cc(Cl)ccc1C#N. The number of hydrogen-bond acceptors (Lipinski definition) is 2. The second kappa shape index (κ2) is 5.31. The molecule has 0 atom stereocenters. The van der Waals surface area contributed by atoms with Crippen molar-refractivity contribution >= 4 is 17.3 Å². The average molecular weight is 207 g/mol. The molecule has 14 heavy (non-hydrogen) atoms. The fraction of sp³-hybridized carbons (Fsp3) is 0.182. The van der Waals surface area contributed by atoms with Crippen LogP contribution in [0.5, 0.6) is 0 Å². The standard InChI is InChI=1S/C11H11ClN2/c1-2-3-6-14-11-7-10(12)5-4-9(11)8-13/h2,4-5,7,14H,1,3,6H2. The normalized spacial score (nSPS) is 9.14. The van der Waals surface area contributed by atoms with Crippen LogP contribution in [0.1, 0.15) is 12.0 Å². The fourth-order valence-electron chi connectivity index (χ4n) is 1.07. The number of nitrogens with one attached hydrogen (secondary N) is 1. The predicted molar refractivity (Wildman–Crippen MR) is 59.5 cm³/mol. The molecule has 1 aromatic carbocycles. The third kappa shape index (κ3) is 2.79. The molecular weight excluding hydrogens is 196 g/mol. The molecule has 0 aliphatic carbocycles. The van der Waals surface area contributed by atoms with E-state index in [0.717, 1.165) is 18.7 Å².